The highest BCUT2D eigenvalue weighted by atomic mass is 32.1. The van der Waals surface area contributed by atoms with Gasteiger partial charge in [0.15, 0.2) is 10.8 Å². The largest absolute Gasteiger partial charge is 0.416 e. The van der Waals surface area contributed by atoms with Crippen LogP contribution in [0.1, 0.15) is 12.5 Å². The smallest absolute Gasteiger partial charge is 0.374 e. The van der Waals surface area contributed by atoms with Gasteiger partial charge in [0.1, 0.15) is 0 Å². The summed E-state index contributed by atoms with van der Waals surface area (Å²) >= 11 is 4.65. The molecule has 22 heavy (non-hydrogen) atoms. The Hall–Kier alpha value is -2.49. The van der Waals surface area contributed by atoms with Crippen LogP contribution in [0.25, 0.3) is 0 Å². The molecule has 1 aliphatic rings. The number of carbonyl (C=O) groups is 1. The number of hydrogen-bond acceptors (Lipinski definition) is 5. The first kappa shape index (κ1) is 15.9. The Morgan fingerprint density at radius 2 is 2.14 bits per heavy atom. The fourth-order valence-electron chi connectivity index (χ4n) is 1.66. The molecule has 1 heterocycles. The minimum absolute atomic E-state index is 0.0785. The van der Waals surface area contributed by atoms with E-state index in [-0.39, 0.29) is 22.2 Å². The molecule has 0 spiro atoms. The predicted molar refractivity (Wildman–Crippen MR) is 79.2 cm³/mol. The van der Waals surface area contributed by atoms with Gasteiger partial charge in [-0.3, -0.25) is 10.2 Å². The minimum Gasteiger partial charge on any atom is -0.374 e. The Kier molecular flexibility index (Phi) is 4.13. The summed E-state index contributed by atoms with van der Waals surface area (Å²) in [5.41, 5.74) is 7.13. The molecule has 0 saturated heterocycles. The molecule has 2 rings (SSSR count). The molecule has 0 radical (unpaired) electrons. The first-order chi connectivity index (χ1) is 10.2. The second-order valence-electron chi connectivity index (χ2n) is 4.29. The Bertz CT molecular complexity index is 698. The zero-order valence-electron chi connectivity index (χ0n) is 11.2. The van der Waals surface area contributed by atoms with Gasteiger partial charge in [-0.1, -0.05) is 6.07 Å². The molecule has 6 nitrogen and oxygen atoms in total. The number of amides is 1. The molecule has 0 bridgehead atoms. The number of nitrogens with one attached hydrogen (secondary N) is 1. The molecule has 0 unspecified atom stereocenters. The molecule has 0 aliphatic carbocycles. The maximum atomic E-state index is 12.6. The molecule has 3 N–H and O–H groups in total. The quantitative estimate of drug-likeness (QED) is 0.641. The van der Waals surface area contributed by atoms with Gasteiger partial charge in [-0.15, -0.1) is 0 Å². The van der Waals surface area contributed by atoms with Gasteiger partial charge in [0.05, 0.1) is 17.0 Å². The summed E-state index contributed by atoms with van der Waals surface area (Å²) in [6.45, 7) is 1.50. The van der Waals surface area contributed by atoms with Crippen molar-refractivity contribution in [1.82, 2.24) is 5.01 Å². The molecule has 10 heteroatoms. The van der Waals surface area contributed by atoms with Crippen molar-refractivity contribution in [2.24, 2.45) is 15.9 Å². The number of hydrazone groups is 2. The summed E-state index contributed by atoms with van der Waals surface area (Å²) in [7, 11) is 0. The topological polar surface area (TPSA) is 83.1 Å². The van der Waals surface area contributed by atoms with E-state index in [4.69, 9.17) is 5.73 Å². The van der Waals surface area contributed by atoms with E-state index in [1.165, 1.54) is 19.1 Å². The predicted octanol–water partition coefficient (Wildman–Crippen LogP) is 1.93. The van der Waals surface area contributed by atoms with Crippen LogP contribution in [-0.4, -0.2) is 27.5 Å². The fraction of sp³-hybridized carbons (Fsp3) is 0.167. The number of hydrogen-bond donors (Lipinski definition) is 2. The van der Waals surface area contributed by atoms with Crippen LogP contribution in [0.2, 0.25) is 0 Å². The van der Waals surface area contributed by atoms with Crippen LogP contribution in [0.3, 0.4) is 0 Å². The molecule has 0 aromatic heterocycles. The van der Waals surface area contributed by atoms with Crippen LogP contribution < -0.4 is 11.2 Å². The standard InChI is InChI=1S/C12H10F3N5OS/c1-6-9(10(21)20(19-6)11(16)22)18-17-8-4-2-3-7(5-8)12(13,14)15/h2-5,17H,1H3,(H2,16,22)/b18-9+. The number of alkyl halides is 3. The van der Waals surface area contributed by atoms with Crippen molar-refractivity contribution < 1.29 is 18.0 Å². The van der Waals surface area contributed by atoms with Crippen molar-refractivity contribution in [2.45, 2.75) is 13.1 Å². The van der Waals surface area contributed by atoms with E-state index >= 15 is 0 Å². The SMILES string of the molecule is CC1=NN(C(N)=S)C(=O)/C1=N/Nc1cccc(C(F)(F)F)c1. The number of nitrogens with zero attached hydrogens (tertiary/aromatic N) is 3. The number of thiocarbonyl (C=S) groups is 1. The summed E-state index contributed by atoms with van der Waals surface area (Å²) in [6.07, 6.45) is -4.46. The second-order valence-corrected chi connectivity index (χ2v) is 4.71. The van der Waals surface area contributed by atoms with Gasteiger partial charge in [0.25, 0.3) is 0 Å². The van der Waals surface area contributed by atoms with E-state index in [1.54, 1.807) is 0 Å². The van der Waals surface area contributed by atoms with E-state index in [2.05, 4.69) is 27.8 Å². The van der Waals surface area contributed by atoms with Crippen molar-refractivity contribution >= 4 is 40.3 Å². The normalized spacial score (nSPS) is 16.9. The van der Waals surface area contributed by atoms with Crippen molar-refractivity contribution in [3.8, 4) is 0 Å². The first-order valence-electron chi connectivity index (χ1n) is 5.90. The van der Waals surface area contributed by atoms with Gasteiger partial charge in [-0.05, 0) is 37.3 Å². The Morgan fingerprint density at radius 3 is 2.68 bits per heavy atom. The minimum atomic E-state index is -4.46. The van der Waals surface area contributed by atoms with Crippen LogP contribution in [0, 0.1) is 0 Å². The number of rotatable bonds is 2. The lowest BCUT2D eigenvalue weighted by molar-refractivity contribution is -0.137. The third-order valence-corrected chi connectivity index (χ3v) is 2.86. The maximum absolute atomic E-state index is 12.6. The molecule has 1 aromatic carbocycles. The third kappa shape index (κ3) is 3.22. The Balaban J connectivity index is 2.21. The van der Waals surface area contributed by atoms with Crippen molar-refractivity contribution in [3.63, 3.8) is 0 Å². The number of benzene rings is 1. The molecule has 1 aliphatic heterocycles. The molecule has 0 fully saturated rings. The first-order valence-corrected chi connectivity index (χ1v) is 6.31. The molecule has 0 saturated carbocycles. The summed E-state index contributed by atoms with van der Waals surface area (Å²) in [5, 5.41) is 8.12. The average molecular weight is 329 g/mol. The van der Waals surface area contributed by atoms with Gasteiger partial charge < -0.3 is 5.73 Å². The highest BCUT2D eigenvalue weighted by Gasteiger charge is 2.32. The van der Waals surface area contributed by atoms with Gasteiger partial charge >= 0.3 is 12.1 Å². The van der Waals surface area contributed by atoms with E-state index in [1.807, 2.05) is 0 Å². The van der Waals surface area contributed by atoms with Crippen LogP contribution in [0.4, 0.5) is 18.9 Å². The number of anilines is 1. The summed E-state index contributed by atoms with van der Waals surface area (Å²) < 4.78 is 37.8. The van der Waals surface area contributed by atoms with Crippen molar-refractivity contribution in [3.05, 3.63) is 29.8 Å². The molecule has 1 aromatic rings. The molecule has 116 valence electrons. The van der Waals surface area contributed by atoms with E-state index in [0.29, 0.717) is 0 Å². The maximum Gasteiger partial charge on any atom is 0.416 e. The fourth-order valence-corrected chi connectivity index (χ4v) is 1.79. The van der Waals surface area contributed by atoms with Gasteiger partial charge in [0, 0.05) is 0 Å². The summed E-state index contributed by atoms with van der Waals surface area (Å²) in [6, 6.07) is 4.42. The molecule has 0 atom stereocenters. The third-order valence-electron chi connectivity index (χ3n) is 2.68. The Morgan fingerprint density at radius 1 is 1.45 bits per heavy atom. The van der Waals surface area contributed by atoms with E-state index in [9.17, 15) is 18.0 Å². The molecular weight excluding hydrogens is 319 g/mol. The van der Waals surface area contributed by atoms with Crippen LogP contribution >= 0.6 is 12.2 Å². The lowest BCUT2D eigenvalue weighted by Gasteiger charge is -2.09. The highest BCUT2D eigenvalue weighted by Crippen LogP contribution is 2.30. The lowest BCUT2D eigenvalue weighted by Crippen LogP contribution is -2.36. The summed E-state index contributed by atoms with van der Waals surface area (Å²) in [5.74, 6) is -0.649. The monoisotopic (exact) mass is 329 g/mol. The van der Waals surface area contributed by atoms with Crippen molar-refractivity contribution in [2.75, 3.05) is 5.43 Å². The number of carbonyl (C=O) groups excluding carboxylic acids is 1. The van der Waals surface area contributed by atoms with Crippen molar-refractivity contribution in [1.29, 1.82) is 0 Å². The van der Waals surface area contributed by atoms with E-state index in [0.717, 1.165) is 17.1 Å². The Labute approximate surface area is 128 Å². The lowest BCUT2D eigenvalue weighted by atomic mass is 10.2. The highest BCUT2D eigenvalue weighted by molar-refractivity contribution is 7.80. The zero-order valence-corrected chi connectivity index (χ0v) is 12.0. The second kappa shape index (κ2) is 5.72. The van der Waals surface area contributed by atoms with Crippen LogP contribution in [0.15, 0.2) is 34.5 Å². The average Bonchev–Trinajstić information content (AvgIpc) is 2.71. The molecular formula is C12H10F3N5OS. The number of nitrogens with two attached hydrogens (primary N) is 1. The number of halogens is 3. The van der Waals surface area contributed by atoms with Gasteiger partial charge in [-0.25, -0.2) is 0 Å². The van der Waals surface area contributed by atoms with Gasteiger partial charge in [-0.2, -0.15) is 28.4 Å². The van der Waals surface area contributed by atoms with Crippen LogP contribution in [-0.2, 0) is 11.0 Å². The zero-order chi connectivity index (χ0) is 16.5. The summed E-state index contributed by atoms with van der Waals surface area (Å²) in [4.78, 5) is 11.9. The van der Waals surface area contributed by atoms with Crippen LogP contribution in [0.5, 0.6) is 0 Å². The van der Waals surface area contributed by atoms with E-state index < -0.39 is 17.6 Å². The molecule has 1 amide bonds. The van der Waals surface area contributed by atoms with Gasteiger partial charge in [0.2, 0.25) is 0 Å².